The predicted molar refractivity (Wildman–Crippen MR) is 83.6 cm³/mol. The van der Waals surface area contributed by atoms with Gasteiger partial charge in [0.2, 0.25) is 5.88 Å². The van der Waals surface area contributed by atoms with Crippen LogP contribution in [0, 0.1) is 0 Å². The maximum absolute atomic E-state index is 12.1. The molecule has 0 aliphatic heterocycles. The molecule has 0 fully saturated rings. The Hall–Kier alpha value is -3.22. The number of hydrogen-bond acceptors (Lipinski definition) is 6. The zero-order valence-corrected chi connectivity index (χ0v) is 12.3. The summed E-state index contributed by atoms with van der Waals surface area (Å²) < 4.78 is 10.3. The third-order valence-electron chi connectivity index (χ3n) is 3.05. The number of benzene rings is 1. The van der Waals surface area contributed by atoms with Crippen LogP contribution in [0.4, 0.5) is 5.69 Å². The van der Waals surface area contributed by atoms with Crippen molar-refractivity contribution in [3.63, 3.8) is 0 Å². The largest absolute Gasteiger partial charge is 0.477 e. The average molecular weight is 311 g/mol. The van der Waals surface area contributed by atoms with Gasteiger partial charge in [0.15, 0.2) is 5.69 Å². The number of carbonyl (C=O) groups is 1. The van der Waals surface area contributed by atoms with Crippen molar-refractivity contribution in [1.29, 1.82) is 0 Å². The molecule has 2 aromatic heterocycles. The number of amides is 1. The van der Waals surface area contributed by atoms with Crippen LogP contribution in [0.15, 0.2) is 51.7 Å². The molecule has 0 bridgehead atoms. The van der Waals surface area contributed by atoms with Crippen molar-refractivity contribution in [3.8, 4) is 5.88 Å². The van der Waals surface area contributed by atoms with E-state index in [-0.39, 0.29) is 11.4 Å². The highest BCUT2D eigenvalue weighted by atomic mass is 16.5. The summed E-state index contributed by atoms with van der Waals surface area (Å²) in [5.41, 5.74) is -0.0577. The van der Waals surface area contributed by atoms with E-state index >= 15 is 0 Å². The molecule has 7 heteroatoms. The van der Waals surface area contributed by atoms with Crippen molar-refractivity contribution in [1.82, 2.24) is 10.2 Å². The number of ether oxygens (including phenoxy) is 1. The van der Waals surface area contributed by atoms with Crippen molar-refractivity contribution < 1.29 is 13.9 Å². The Kier molecular flexibility index (Phi) is 4.01. The van der Waals surface area contributed by atoms with E-state index in [4.69, 9.17) is 9.15 Å². The van der Waals surface area contributed by atoms with Crippen molar-refractivity contribution in [2.24, 2.45) is 0 Å². The van der Waals surface area contributed by atoms with Gasteiger partial charge in [-0.25, -0.2) is 4.79 Å². The number of anilines is 1. The van der Waals surface area contributed by atoms with Gasteiger partial charge in [-0.15, -0.1) is 10.2 Å². The molecule has 0 saturated carbocycles. The summed E-state index contributed by atoms with van der Waals surface area (Å²) in [6, 6.07) is 11.6. The first-order chi connectivity index (χ1) is 11.2. The fraction of sp³-hybridized carbons (Fsp3) is 0.125. The first kappa shape index (κ1) is 14.7. The standard InChI is InChI=1S/C16H13N3O4/c1-2-22-14-8-7-11(18-19-14)15(20)17-12-9-10-5-3-4-6-13(10)23-16(12)21/h3-9H,2H2,1H3,(H,17,20). The Balaban J connectivity index is 1.84. The predicted octanol–water partition coefficient (Wildman–Crippen LogP) is 2.23. The van der Waals surface area contributed by atoms with Crippen molar-refractivity contribution >= 4 is 22.6 Å². The lowest BCUT2D eigenvalue weighted by Crippen LogP contribution is -2.19. The van der Waals surface area contributed by atoms with Gasteiger partial charge in [0.1, 0.15) is 11.3 Å². The van der Waals surface area contributed by atoms with Crippen LogP contribution in [-0.4, -0.2) is 22.7 Å². The summed E-state index contributed by atoms with van der Waals surface area (Å²) in [5, 5.41) is 10.7. The van der Waals surface area contributed by atoms with Crippen molar-refractivity contribution in [3.05, 3.63) is 58.6 Å². The number of fused-ring (bicyclic) bond motifs is 1. The van der Waals surface area contributed by atoms with E-state index in [2.05, 4.69) is 15.5 Å². The molecule has 1 N–H and O–H groups in total. The minimum absolute atomic E-state index is 0.0457. The number of carbonyl (C=O) groups excluding carboxylic acids is 1. The molecular formula is C16H13N3O4. The fourth-order valence-electron chi connectivity index (χ4n) is 2.00. The summed E-state index contributed by atoms with van der Waals surface area (Å²) in [6.07, 6.45) is 0. The quantitative estimate of drug-likeness (QED) is 0.743. The molecule has 23 heavy (non-hydrogen) atoms. The molecule has 0 unspecified atom stereocenters. The lowest BCUT2D eigenvalue weighted by Gasteiger charge is -2.05. The zero-order valence-electron chi connectivity index (χ0n) is 12.3. The van der Waals surface area contributed by atoms with Crippen LogP contribution in [0.3, 0.4) is 0 Å². The number of nitrogens with zero attached hydrogens (tertiary/aromatic N) is 2. The Labute approximate surface area is 130 Å². The molecule has 0 spiro atoms. The van der Waals surface area contributed by atoms with Gasteiger partial charge >= 0.3 is 5.63 Å². The Morgan fingerprint density at radius 1 is 1.22 bits per heavy atom. The lowest BCUT2D eigenvalue weighted by atomic mass is 10.2. The van der Waals surface area contributed by atoms with Gasteiger partial charge in [-0.3, -0.25) is 4.79 Å². The summed E-state index contributed by atoms with van der Waals surface area (Å²) in [5.74, 6) is -0.225. The van der Waals surface area contributed by atoms with E-state index in [0.29, 0.717) is 23.5 Å². The third kappa shape index (κ3) is 3.18. The van der Waals surface area contributed by atoms with Crippen molar-refractivity contribution in [2.45, 2.75) is 6.92 Å². The van der Waals surface area contributed by atoms with E-state index in [1.165, 1.54) is 12.1 Å². The van der Waals surface area contributed by atoms with Crippen LogP contribution in [0.2, 0.25) is 0 Å². The van der Waals surface area contributed by atoms with Crippen LogP contribution in [0.25, 0.3) is 11.0 Å². The summed E-state index contributed by atoms with van der Waals surface area (Å²) in [6.45, 7) is 2.28. The first-order valence-corrected chi connectivity index (χ1v) is 6.98. The minimum Gasteiger partial charge on any atom is -0.477 e. The van der Waals surface area contributed by atoms with E-state index in [9.17, 15) is 9.59 Å². The molecule has 0 radical (unpaired) electrons. The van der Waals surface area contributed by atoms with Gasteiger partial charge in [-0.1, -0.05) is 18.2 Å². The average Bonchev–Trinajstić information content (AvgIpc) is 2.56. The molecule has 1 amide bonds. The number of rotatable bonds is 4. The van der Waals surface area contributed by atoms with Gasteiger partial charge in [0.25, 0.3) is 5.91 Å². The summed E-state index contributed by atoms with van der Waals surface area (Å²) >= 11 is 0. The molecule has 0 aliphatic carbocycles. The maximum atomic E-state index is 12.1. The van der Waals surface area contributed by atoms with Crippen LogP contribution >= 0.6 is 0 Å². The van der Waals surface area contributed by atoms with Gasteiger partial charge < -0.3 is 14.5 Å². The Morgan fingerprint density at radius 2 is 2.04 bits per heavy atom. The molecule has 3 rings (SSSR count). The molecule has 0 saturated heterocycles. The van der Waals surface area contributed by atoms with Gasteiger partial charge in [0.05, 0.1) is 6.61 Å². The lowest BCUT2D eigenvalue weighted by molar-refractivity contribution is 0.102. The normalized spacial score (nSPS) is 10.5. The zero-order chi connectivity index (χ0) is 16.2. The highest BCUT2D eigenvalue weighted by molar-refractivity contribution is 6.03. The Bertz CT molecular complexity index is 903. The summed E-state index contributed by atoms with van der Waals surface area (Å²) in [4.78, 5) is 24.0. The Morgan fingerprint density at radius 3 is 2.78 bits per heavy atom. The molecule has 0 aliphatic rings. The van der Waals surface area contributed by atoms with Crippen LogP contribution < -0.4 is 15.7 Å². The number of aromatic nitrogens is 2. The van der Waals surface area contributed by atoms with Crippen LogP contribution in [0.5, 0.6) is 5.88 Å². The number of para-hydroxylation sites is 1. The smallest absolute Gasteiger partial charge is 0.360 e. The third-order valence-corrected chi connectivity index (χ3v) is 3.05. The van der Waals surface area contributed by atoms with E-state index in [1.54, 1.807) is 24.3 Å². The molecule has 1 aromatic carbocycles. The number of hydrogen-bond donors (Lipinski definition) is 1. The van der Waals surface area contributed by atoms with Crippen LogP contribution in [0.1, 0.15) is 17.4 Å². The number of nitrogens with one attached hydrogen (secondary N) is 1. The van der Waals surface area contributed by atoms with E-state index < -0.39 is 11.5 Å². The second kappa shape index (κ2) is 6.27. The molecule has 0 atom stereocenters. The highest BCUT2D eigenvalue weighted by Gasteiger charge is 2.12. The molecular weight excluding hydrogens is 298 g/mol. The van der Waals surface area contributed by atoms with Gasteiger partial charge in [0, 0.05) is 11.5 Å². The minimum atomic E-state index is -0.629. The topological polar surface area (TPSA) is 94.3 Å². The summed E-state index contributed by atoms with van der Waals surface area (Å²) in [7, 11) is 0. The monoisotopic (exact) mass is 311 g/mol. The highest BCUT2D eigenvalue weighted by Crippen LogP contribution is 2.15. The van der Waals surface area contributed by atoms with Gasteiger partial charge in [-0.05, 0) is 25.1 Å². The second-order valence-electron chi connectivity index (χ2n) is 4.63. The SMILES string of the molecule is CCOc1ccc(C(=O)Nc2cc3ccccc3oc2=O)nn1. The van der Waals surface area contributed by atoms with E-state index in [1.807, 2.05) is 13.0 Å². The van der Waals surface area contributed by atoms with E-state index in [0.717, 1.165) is 0 Å². The van der Waals surface area contributed by atoms with Crippen LogP contribution in [-0.2, 0) is 0 Å². The fourth-order valence-corrected chi connectivity index (χ4v) is 2.00. The molecule has 3 aromatic rings. The molecule has 7 nitrogen and oxygen atoms in total. The van der Waals surface area contributed by atoms with Crippen molar-refractivity contribution in [2.75, 3.05) is 11.9 Å². The first-order valence-electron chi connectivity index (χ1n) is 6.98. The van der Waals surface area contributed by atoms with Gasteiger partial charge in [-0.2, -0.15) is 0 Å². The maximum Gasteiger partial charge on any atom is 0.360 e. The second-order valence-corrected chi connectivity index (χ2v) is 4.63. The molecule has 116 valence electrons. The molecule has 2 heterocycles.